The van der Waals surface area contributed by atoms with Crippen molar-refractivity contribution in [2.24, 2.45) is 11.7 Å². The van der Waals surface area contributed by atoms with Crippen LogP contribution in [0.2, 0.25) is 5.02 Å². The molecular weight excluding hydrogens is 296 g/mol. The predicted molar refractivity (Wildman–Crippen MR) is 81.3 cm³/mol. The van der Waals surface area contributed by atoms with Gasteiger partial charge in [-0.1, -0.05) is 24.1 Å². The van der Waals surface area contributed by atoms with Crippen LogP contribution in [0.5, 0.6) is 0 Å². The minimum absolute atomic E-state index is 0.0108. The highest BCUT2D eigenvalue weighted by atomic mass is 35.5. The summed E-state index contributed by atoms with van der Waals surface area (Å²) in [5.74, 6) is 0.245. The van der Waals surface area contributed by atoms with Crippen molar-refractivity contribution in [2.45, 2.75) is 37.1 Å². The number of nitrogens with two attached hydrogens (primary N) is 1. The third-order valence-corrected chi connectivity index (χ3v) is 6.70. The fourth-order valence-corrected chi connectivity index (χ4v) is 4.89. The van der Waals surface area contributed by atoms with E-state index < -0.39 is 10.0 Å². The molecule has 1 aromatic carbocycles. The van der Waals surface area contributed by atoms with Crippen LogP contribution in [0.4, 0.5) is 0 Å². The third kappa shape index (κ3) is 2.72. The Bertz CT molecular complexity index is 589. The summed E-state index contributed by atoms with van der Waals surface area (Å²) in [6.45, 7) is 2.26. The molecule has 1 fully saturated rings. The molecule has 6 heteroatoms. The quantitative estimate of drug-likeness (QED) is 0.927. The van der Waals surface area contributed by atoms with E-state index in [1.165, 1.54) is 4.31 Å². The van der Waals surface area contributed by atoms with E-state index in [1.807, 2.05) is 0 Å². The van der Waals surface area contributed by atoms with Crippen molar-refractivity contribution >= 4 is 21.6 Å². The normalized spacial score (nSPS) is 23.4. The molecule has 0 spiro atoms. The van der Waals surface area contributed by atoms with E-state index in [2.05, 4.69) is 0 Å². The highest BCUT2D eigenvalue weighted by molar-refractivity contribution is 7.89. The van der Waals surface area contributed by atoms with Crippen LogP contribution in [0.25, 0.3) is 0 Å². The lowest BCUT2D eigenvalue weighted by Gasteiger charge is -2.29. The molecule has 20 heavy (non-hydrogen) atoms. The zero-order valence-corrected chi connectivity index (χ0v) is 13.4. The van der Waals surface area contributed by atoms with Crippen LogP contribution in [-0.4, -0.2) is 32.4 Å². The lowest BCUT2D eigenvalue weighted by Crippen LogP contribution is -2.41. The summed E-state index contributed by atoms with van der Waals surface area (Å²) >= 11 is 6.04. The lowest BCUT2D eigenvalue weighted by molar-refractivity contribution is 0.304. The van der Waals surface area contributed by atoms with Crippen LogP contribution in [-0.2, 0) is 10.0 Å². The van der Waals surface area contributed by atoms with Crippen molar-refractivity contribution in [3.63, 3.8) is 0 Å². The zero-order chi connectivity index (χ0) is 14.9. The second kappa shape index (κ2) is 6.02. The number of rotatable bonds is 4. The first-order chi connectivity index (χ1) is 9.39. The third-order valence-electron chi connectivity index (χ3n) is 4.26. The molecule has 1 aromatic rings. The van der Waals surface area contributed by atoms with Crippen LogP contribution < -0.4 is 5.73 Å². The van der Waals surface area contributed by atoms with Gasteiger partial charge in [-0.25, -0.2) is 8.42 Å². The van der Waals surface area contributed by atoms with Crippen molar-refractivity contribution in [1.82, 2.24) is 4.31 Å². The summed E-state index contributed by atoms with van der Waals surface area (Å²) in [7, 11) is -1.88. The van der Waals surface area contributed by atoms with Crippen LogP contribution in [0.15, 0.2) is 23.1 Å². The Morgan fingerprint density at radius 2 is 2.10 bits per heavy atom. The van der Waals surface area contributed by atoms with Crippen molar-refractivity contribution in [3.8, 4) is 0 Å². The van der Waals surface area contributed by atoms with E-state index in [4.69, 9.17) is 17.3 Å². The van der Waals surface area contributed by atoms with E-state index in [1.54, 1.807) is 32.2 Å². The van der Waals surface area contributed by atoms with Gasteiger partial charge in [0.15, 0.2) is 0 Å². The standard InChI is InChI=1S/C14H21ClN2O2S/c1-10-12(15)6-4-8-14(10)20(18,19)17(2)13-7-3-5-11(13)9-16/h4,6,8,11,13H,3,5,7,9,16H2,1-2H3. The van der Waals surface area contributed by atoms with Crippen molar-refractivity contribution in [2.75, 3.05) is 13.6 Å². The van der Waals surface area contributed by atoms with Crippen LogP contribution >= 0.6 is 11.6 Å². The fraction of sp³-hybridized carbons (Fsp3) is 0.571. The highest BCUT2D eigenvalue weighted by Crippen LogP contribution is 2.33. The SMILES string of the molecule is Cc1c(Cl)cccc1S(=O)(=O)N(C)C1CCCC1CN. The topological polar surface area (TPSA) is 63.4 Å². The Kier molecular flexibility index (Phi) is 4.74. The number of hydrogen-bond donors (Lipinski definition) is 1. The molecule has 0 aliphatic heterocycles. The summed E-state index contributed by atoms with van der Waals surface area (Å²) in [5.41, 5.74) is 6.36. The van der Waals surface area contributed by atoms with Gasteiger partial charge in [0, 0.05) is 18.1 Å². The number of sulfonamides is 1. The minimum atomic E-state index is -3.53. The minimum Gasteiger partial charge on any atom is -0.330 e. The largest absolute Gasteiger partial charge is 0.330 e. The zero-order valence-electron chi connectivity index (χ0n) is 11.8. The van der Waals surface area contributed by atoms with Gasteiger partial charge in [0.1, 0.15) is 0 Å². The second-order valence-corrected chi connectivity index (χ2v) is 7.75. The molecule has 2 N–H and O–H groups in total. The molecule has 4 nitrogen and oxygen atoms in total. The molecule has 0 heterocycles. The van der Waals surface area contributed by atoms with Crippen LogP contribution in [0.1, 0.15) is 24.8 Å². The average Bonchev–Trinajstić information content (AvgIpc) is 2.88. The fourth-order valence-electron chi connectivity index (χ4n) is 2.97. The van der Waals surface area contributed by atoms with E-state index in [-0.39, 0.29) is 16.9 Å². The second-order valence-electron chi connectivity index (χ2n) is 5.38. The molecule has 0 radical (unpaired) electrons. The molecule has 1 aliphatic carbocycles. The molecule has 112 valence electrons. The maximum absolute atomic E-state index is 12.8. The van der Waals surface area contributed by atoms with Gasteiger partial charge in [-0.05, 0) is 49.9 Å². The Hall–Kier alpha value is -0.620. The summed E-state index contributed by atoms with van der Waals surface area (Å²) in [6, 6.07) is 4.97. The van der Waals surface area contributed by atoms with Crippen LogP contribution in [0.3, 0.4) is 0 Å². The molecule has 2 rings (SSSR count). The molecule has 0 aromatic heterocycles. The molecule has 2 unspecified atom stereocenters. The molecule has 0 bridgehead atoms. The maximum atomic E-state index is 12.8. The van der Waals surface area contributed by atoms with Gasteiger partial charge >= 0.3 is 0 Å². The summed E-state index contributed by atoms with van der Waals surface area (Å²) < 4.78 is 27.0. The monoisotopic (exact) mass is 316 g/mol. The van der Waals surface area contributed by atoms with Gasteiger partial charge in [-0.3, -0.25) is 0 Å². The Morgan fingerprint density at radius 1 is 1.40 bits per heavy atom. The Labute approximate surface area is 126 Å². The molecule has 0 amide bonds. The van der Waals surface area contributed by atoms with E-state index in [9.17, 15) is 8.42 Å². The number of hydrogen-bond acceptors (Lipinski definition) is 3. The van der Waals surface area contributed by atoms with E-state index >= 15 is 0 Å². The highest BCUT2D eigenvalue weighted by Gasteiger charge is 2.36. The molecular formula is C14H21ClN2O2S. The van der Waals surface area contributed by atoms with Gasteiger partial charge < -0.3 is 5.73 Å². The van der Waals surface area contributed by atoms with Gasteiger partial charge in [-0.2, -0.15) is 4.31 Å². The molecule has 0 saturated heterocycles. The molecule has 2 atom stereocenters. The number of nitrogens with zero attached hydrogens (tertiary/aromatic N) is 1. The van der Waals surface area contributed by atoms with Gasteiger partial charge in [-0.15, -0.1) is 0 Å². The lowest BCUT2D eigenvalue weighted by atomic mass is 10.0. The van der Waals surface area contributed by atoms with Crippen molar-refractivity contribution in [1.29, 1.82) is 0 Å². The summed E-state index contributed by atoms with van der Waals surface area (Å²) in [4.78, 5) is 0.287. The number of halogens is 1. The average molecular weight is 317 g/mol. The van der Waals surface area contributed by atoms with Gasteiger partial charge in [0.05, 0.1) is 4.90 Å². The van der Waals surface area contributed by atoms with E-state index in [0.29, 0.717) is 17.1 Å². The van der Waals surface area contributed by atoms with Crippen molar-refractivity contribution < 1.29 is 8.42 Å². The van der Waals surface area contributed by atoms with Gasteiger partial charge in [0.25, 0.3) is 0 Å². The maximum Gasteiger partial charge on any atom is 0.243 e. The van der Waals surface area contributed by atoms with Crippen molar-refractivity contribution in [3.05, 3.63) is 28.8 Å². The first-order valence-electron chi connectivity index (χ1n) is 6.82. The van der Waals surface area contributed by atoms with E-state index in [0.717, 1.165) is 19.3 Å². The smallest absolute Gasteiger partial charge is 0.243 e. The number of benzene rings is 1. The van der Waals surface area contributed by atoms with Crippen LogP contribution in [0, 0.1) is 12.8 Å². The van der Waals surface area contributed by atoms with Gasteiger partial charge in [0.2, 0.25) is 10.0 Å². The Balaban J connectivity index is 2.37. The Morgan fingerprint density at radius 3 is 2.75 bits per heavy atom. The predicted octanol–water partition coefficient (Wildman–Crippen LogP) is 2.40. The summed E-state index contributed by atoms with van der Waals surface area (Å²) in [5, 5.41) is 0.473. The molecule has 1 saturated carbocycles. The molecule has 1 aliphatic rings. The first-order valence-corrected chi connectivity index (χ1v) is 8.64. The first kappa shape index (κ1) is 15.8. The summed E-state index contributed by atoms with van der Waals surface area (Å²) in [6.07, 6.45) is 2.90.